The lowest BCUT2D eigenvalue weighted by molar-refractivity contribution is -0.145. The number of ether oxygens (including phenoxy) is 1. The quantitative estimate of drug-likeness (QED) is 0.799. The van der Waals surface area contributed by atoms with Crippen LogP contribution in [0.3, 0.4) is 0 Å². The Bertz CT molecular complexity index is 580. The molecule has 0 heterocycles. The van der Waals surface area contributed by atoms with Crippen LogP contribution in [0.1, 0.15) is 64.0 Å². The molecule has 4 heteroatoms. The van der Waals surface area contributed by atoms with Gasteiger partial charge in [0.05, 0.1) is 7.11 Å². The number of amides is 1. The number of rotatable bonds is 6. The average Bonchev–Trinajstić information content (AvgIpc) is 3.06. The lowest BCUT2D eigenvalue weighted by atomic mass is 9.86. The first-order valence-electron chi connectivity index (χ1n) is 9.26. The minimum Gasteiger partial charge on any atom is -0.467 e. The van der Waals surface area contributed by atoms with Gasteiger partial charge in [-0.1, -0.05) is 57.9 Å². The Balaban J connectivity index is 1.99. The van der Waals surface area contributed by atoms with E-state index in [1.807, 2.05) is 12.1 Å². The molecular weight excluding hydrogens is 314 g/mol. The molecule has 1 saturated carbocycles. The van der Waals surface area contributed by atoms with Gasteiger partial charge in [-0.2, -0.15) is 0 Å². The molecule has 1 amide bonds. The maximum Gasteiger partial charge on any atom is 0.328 e. The highest BCUT2D eigenvalue weighted by atomic mass is 16.5. The minimum absolute atomic E-state index is 0.0476. The number of nitrogens with one attached hydrogen (secondary N) is 1. The first-order valence-corrected chi connectivity index (χ1v) is 9.26. The second kappa shape index (κ2) is 8.50. The monoisotopic (exact) mass is 345 g/mol. The Labute approximate surface area is 151 Å². The van der Waals surface area contributed by atoms with Gasteiger partial charge in [0.25, 0.3) is 0 Å². The molecule has 0 aromatic heterocycles. The first kappa shape index (κ1) is 19.5. The molecule has 1 fully saturated rings. The lowest BCUT2D eigenvalue weighted by Crippen LogP contribution is -2.43. The zero-order valence-corrected chi connectivity index (χ0v) is 15.9. The van der Waals surface area contributed by atoms with Gasteiger partial charge in [-0.25, -0.2) is 4.79 Å². The minimum atomic E-state index is -0.626. The SMILES string of the molecule is COC(=O)[C@@H](Cc1ccc(C(C)(C)C)cc1)NC(=O)CC1CCCC1. The van der Waals surface area contributed by atoms with Crippen molar-refractivity contribution in [1.82, 2.24) is 5.32 Å². The zero-order chi connectivity index (χ0) is 18.4. The molecule has 0 bridgehead atoms. The number of hydrogen-bond acceptors (Lipinski definition) is 3. The zero-order valence-electron chi connectivity index (χ0n) is 15.9. The van der Waals surface area contributed by atoms with Gasteiger partial charge in [0.1, 0.15) is 6.04 Å². The van der Waals surface area contributed by atoms with E-state index >= 15 is 0 Å². The summed E-state index contributed by atoms with van der Waals surface area (Å²) in [6.45, 7) is 6.51. The van der Waals surface area contributed by atoms with E-state index in [0.717, 1.165) is 18.4 Å². The number of hydrogen-bond donors (Lipinski definition) is 1. The fourth-order valence-corrected chi connectivity index (χ4v) is 3.44. The van der Waals surface area contributed by atoms with Crippen molar-refractivity contribution in [3.8, 4) is 0 Å². The van der Waals surface area contributed by atoms with Gasteiger partial charge < -0.3 is 10.1 Å². The van der Waals surface area contributed by atoms with Crippen molar-refractivity contribution in [2.75, 3.05) is 7.11 Å². The maximum atomic E-state index is 12.3. The molecule has 1 aromatic carbocycles. The normalized spacial score (nSPS) is 16.5. The summed E-state index contributed by atoms with van der Waals surface area (Å²) in [6.07, 6.45) is 5.61. The van der Waals surface area contributed by atoms with Crippen molar-refractivity contribution in [1.29, 1.82) is 0 Å². The van der Waals surface area contributed by atoms with Crippen molar-refractivity contribution in [3.63, 3.8) is 0 Å². The van der Waals surface area contributed by atoms with Gasteiger partial charge in [0.15, 0.2) is 0 Å². The van der Waals surface area contributed by atoms with E-state index in [1.54, 1.807) is 0 Å². The second-order valence-electron chi connectivity index (χ2n) is 8.15. The van der Waals surface area contributed by atoms with Crippen LogP contribution in [0.4, 0.5) is 0 Å². The second-order valence-corrected chi connectivity index (χ2v) is 8.15. The van der Waals surface area contributed by atoms with Crippen molar-refractivity contribution >= 4 is 11.9 Å². The third-order valence-corrected chi connectivity index (χ3v) is 5.03. The van der Waals surface area contributed by atoms with E-state index < -0.39 is 6.04 Å². The Kier molecular flexibility index (Phi) is 6.63. The van der Waals surface area contributed by atoms with Crippen molar-refractivity contribution in [3.05, 3.63) is 35.4 Å². The molecule has 1 aliphatic carbocycles. The average molecular weight is 345 g/mol. The summed E-state index contributed by atoms with van der Waals surface area (Å²) in [7, 11) is 1.36. The standard InChI is InChI=1S/C21H31NO3/c1-21(2,3)17-11-9-16(10-12-17)13-18(20(24)25-4)22-19(23)14-15-7-5-6-8-15/h9-12,15,18H,5-8,13-14H2,1-4H3,(H,22,23)/t18-/m1/s1. The van der Waals surface area contributed by atoms with E-state index in [0.29, 0.717) is 18.8 Å². The Morgan fingerprint density at radius 2 is 1.76 bits per heavy atom. The molecule has 1 aliphatic rings. The highest BCUT2D eigenvalue weighted by Gasteiger charge is 2.25. The van der Waals surface area contributed by atoms with Gasteiger partial charge in [0, 0.05) is 12.8 Å². The van der Waals surface area contributed by atoms with Crippen LogP contribution in [0.2, 0.25) is 0 Å². The van der Waals surface area contributed by atoms with Crippen LogP contribution in [0, 0.1) is 5.92 Å². The maximum absolute atomic E-state index is 12.3. The van der Waals surface area contributed by atoms with Gasteiger partial charge in [0.2, 0.25) is 5.91 Å². The van der Waals surface area contributed by atoms with E-state index in [-0.39, 0.29) is 17.3 Å². The summed E-state index contributed by atoms with van der Waals surface area (Å²) in [5.41, 5.74) is 2.36. The third kappa shape index (κ3) is 5.87. The predicted molar refractivity (Wildman–Crippen MR) is 99.4 cm³/mol. The smallest absolute Gasteiger partial charge is 0.328 e. The van der Waals surface area contributed by atoms with Crippen LogP contribution < -0.4 is 5.32 Å². The molecular formula is C21H31NO3. The molecule has 1 aromatic rings. The number of benzene rings is 1. The van der Waals surface area contributed by atoms with Crippen LogP contribution >= 0.6 is 0 Å². The van der Waals surface area contributed by atoms with Gasteiger partial charge in [-0.3, -0.25) is 4.79 Å². The van der Waals surface area contributed by atoms with Crippen LogP contribution in [0.5, 0.6) is 0 Å². The van der Waals surface area contributed by atoms with Crippen LogP contribution in [0.15, 0.2) is 24.3 Å². The summed E-state index contributed by atoms with van der Waals surface area (Å²) < 4.78 is 4.88. The first-order chi connectivity index (χ1) is 11.8. The fraction of sp³-hybridized carbons (Fsp3) is 0.619. The van der Waals surface area contributed by atoms with Crippen LogP contribution in [0.25, 0.3) is 0 Å². The van der Waals surface area contributed by atoms with Crippen molar-refractivity contribution in [2.45, 2.75) is 70.8 Å². The van der Waals surface area contributed by atoms with Crippen LogP contribution in [-0.2, 0) is 26.2 Å². The summed E-state index contributed by atoms with van der Waals surface area (Å²) in [6, 6.07) is 7.60. The van der Waals surface area contributed by atoms with Gasteiger partial charge in [-0.15, -0.1) is 0 Å². The molecule has 1 atom stereocenters. The highest BCUT2D eigenvalue weighted by molar-refractivity contribution is 5.84. The largest absolute Gasteiger partial charge is 0.467 e. The third-order valence-electron chi connectivity index (χ3n) is 5.03. The molecule has 0 aliphatic heterocycles. The summed E-state index contributed by atoms with van der Waals surface area (Å²) in [5, 5.41) is 2.87. The predicted octanol–water partition coefficient (Wildman–Crippen LogP) is 3.76. The van der Waals surface area contributed by atoms with Gasteiger partial charge in [-0.05, 0) is 35.3 Å². The fourth-order valence-electron chi connectivity index (χ4n) is 3.44. The van der Waals surface area contributed by atoms with E-state index in [2.05, 4.69) is 38.2 Å². The highest BCUT2D eigenvalue weighted by Crippen LogP contribution is 2.27. The number of methoxy groups -OCH3 is 1. The topological polar surface area (TPSA) is 55.4 Å². The lowest BCUT2D eigenvalue weighted by Gasteiger charge is -2.21. The van der Waals surface area contributed by atoms with Crippen molar-refractivity contribution in [2.24, 2.45) is 5.92 Å². The molecule has 0 unspecified atom stereocenters. The number of carbonyl (C=O) groups is 2. The number of carbonyl (C=O) groups excluding carboxylic acids is 2. The van der Waals surface area contributed by atoms with E-state index in [4.69, 9.17) is 4.74 Å². The summed E-state index contributed by atoms with van der Waals surface area (Å²) in [4.78, 5) is 24.4. The van der Waals surface area contributed by atoms with Crippen LogP contribution in [-0.4, -0.2) is 25.0 Å². The molecule has 0 spiro atoms. The molecule has 0 radical (unpaired) electrons. The molecule has 4 nitrogen and oxygen atoms in total. The molecule has 0 saturated heterocycles. The Morgan fingerprint density at radius 1 is 1.16 bits per heavy atom. The molecule has 2 rings (SSSR count). The molecule has 1 N–H and O–H groups in total. The summed E-state index contributed by atoms with van der Waals surface area (Å²) >= 11 is 0. The van der Waals surface area contributed by atoms with E-state index in [1.165, 1.54) is 25.5 Å². The molecule has 25 heavy (non-hydrogen) atoms. The summed E-state index contributed by atoms with van der Waals surface area (Å²) in [5.74, 6) is 0.0256. The number of esters is 1. The Hall–Kier alpha value is -1.84. The molecule has 138 valence electrons. The van der Waals surface area contributed by atoms with E-state index in [9.17, 15) is 9.59 Å². The Morgan fingerprint density at radius 3 is 2.28 bits per heavy atom. The van der Waals surface area contributed by atoms with Gasteiger partial charge >= 0.3 is 5.97 Å². The van der Waals surface area contributed by atoms with Crippen molar-refractivity contribution < 1.29 is 14.3 Å².